The van der Waals surface area contributed by atoms with E-state index in [4.69, 9.17) is 9.47 Å². The standard InChI is InChI=1S/C21H21N5O9/c1-7-8-25-14-15(23(2)21(32)24(3)16(14)28)26-10(17(29)33-4)9-11(27)12(18(30)34-5)13(19(31)35-6)22-20(25)26/h7,9H,1,8H2,2-6H3/b10-9-,13-12+,22-20?. The number of carbonyl (C=O) groups is 4. The largest absolute Gasteiger partial charge is 0.465 e. The Morgan fingerprint density at radius 3 is 2.11 bits per heavy atom. The van der Waals surface area contributed by atoms with Gasteiger partial charge in [-0.2, -0.15) is 0 Å². The highest BCUT2D eigenvalue weighted by Gasteiger charge is 2.45. The summed E-state index contributed by atoms with van der Waals surface area (Å²) in [7, 11) is 5.62. The van der Waals surface area contributed by atoms with Crippen molar-refractivity contribution in [1.29, 1.82) is 0 Å². The lowest BCUT2D eigenvalue weighted by Crippen LogP contribution is -2.43. The number of guanidine groups is 1. The summed E-state index contributed by atoms with van der Waals surface area (Å²) in [5.74, 6) is -4.98. The van der Waals surface area contributed by atoms with Gasteiger partial charge in [-0.15, -0.1) is 6.58 Å². The van der Waals surface area contributed by atoms with E-state index in [9.17, 15) is 28.8 Å². The van der Waals surface area contributed by atoms with E-state index in [2.05, 4.69) is 16.3 Å². The molecule has 2 aliphatic rings. The van der Waals surface area contributed by atoms with Crippen molar-refractivity contribution >= 4 is 41.2 Å². The molecule has 0 saturated carbocycles. The number of esters is 3. The second kappa shape index (κ2) is 9.24. The molecule has 1 aromatic heterocycles. The Morgan fingerprint density at radius 1 is 0.971 bits per heavy atom. The molecule has 0 radical (unpaired) electrons. The smallest absolute Gasteiger partial charge is 0.357 e. The summed E-state index contributed by atoms with van der Waals surface area (Å²) in [6, 6.07) is 0. The fraction of sp³-hybridized carbons (Fsp3) is 0.286. The number of rotatable bonds is 5. The van der Waals surface area contributed by atoms with Gasteiger partial charge in [0.2, 0.25) is 5.96 Å². The summed E-state index contributed by atoms with van der Waals surface area (Å²) in [6.45, 7) is 3.56. The number of nitrogens with zero attached hydrogens (tertiary/aromatic N) is 5. The maximum Gasteiger partial charge on any atom is 0.357 e. The quantitative estimate of drug-likeness (QED) is 0.206. The third-order valence-corrected chi connectivity index (χ3v) is 5.21. The van der Waals surface area contributed by atoms with Crippen molar-refractivity contribution in [3.05, 3.63) is 56.5 Å². The van der Waals surface area contributed by atoms with Gasteiger partial charge in [-0.05, 0) is 0 Å². The molecule has 0 spiro atoms. The molecule has 0 aliphatic carbocycles. The molecule has 35 heavy (non-hydrogen) atoms. The molecule has 0 bridgehead atoms. The number of aromatic nitrogens is 2. The first-order valence-electron chi connectivity index (χ1n) is 9.88. The Labute approximate surface area is 197 Å². The topological polar surface area (TPSA) is 159 Å². The van der Waals surface area contributed by atoms with Crippen molar-refractivity contribution in [2.75, 3.05) is 37.7 Å². The van der Waals surface area contributed by atoms with E-state index in [1.165, 1.54) is 25.1 Å². The zero-order chi connectivity index (χ0) is 26.2. The number of ketones is 1. The Morgan fingerprint density at radius 2 is 1.57 bits per heavy atom. The monoisotopic (exact) mass is 487 g/mol. The van der Waals surface area contributed by atoms with E-state index >= 15 is 0 Å². The average Bonchev–Trinajstić information content (AvgIpc) is 3.15. The van der Waals surface area contributed by atoms with Gasteiger partial charge in [-0.3, -0.25) is 28.5 Å². The van der Waals surface area contributed by atoms with E-state index in [1.807, 2.05) is 0 Å². The molecule has 14 heteroatoms. The first-order chi connectivity index (χ1) is 16.5. The molecule has 0 fully saturated rings. The van der Waals surface area contributed by atoms with E-state index in [1.54, 1.807) is 0 Å². The summed E-state index contributed by atoms with van der Waals surface area (Å²) in [6.07, 6.45) is 2.12. The number of carbonyl (C=O) groups excluding carboxylic acids is 4. The molecule has 0 aromatic carbocycles. The number of hydrogen-bond acceptors (Lipinski definition) is 12. The van der Waals surface area contributed by atoms with Gasteiger partial charge in [0.1, 0.15) is 11.3 Å². The van der Waals surface area contributed by atoms with Crippen LogP contribution in [0.25, 0.3) is 0 Å². The minimum atomic E-state index is -1.22. The summed E-state index contributed by atoms with van der Waals surface area (Å²) >= 11 is 0. The summed E-state index contributed by atoms with van der Waals surface area (Å²) in [5.41, 5.74) is -3.66. The van der Waals surface area contributed by atoms with Gasteiger partial charge in [-0.1, -0.05) is 6.08 Å². The van der Waals surface area contributed by atoms with Crippen molar-refractivity contribution in [2.24, 2.45) is 19.1 Å². The number of anilines is 2. The molecule has 0 atom stereocenters. The molecule has 0 saturated heterocycles. The Kier molecular flexibility index (Phi) is 6.57. The van der Waals surface area contributed by atoms with Gasteiger partial charge in [0.25, 0.3) is 5.56 Å². The molecule has 0 N–H and O–H groups in total. The van der Waals surface area contributed by atoms with Gasteiger partial charge < -0.3 is 14.2 Å². The van der Waals surface area contributed by atoms with Crippen LogP contribution in [-0.2, 0) is 47.5 Å². The first kappa shape index (κ1) is 24.9. The van der Waals surface area contributed by atoms with Crippen LogP contribution >= 0.6 is 0 Å². The van der Waals surface area contributed by atoms with Crippen molar-refractivity contribution in [3.8, 4) is 0 Å². The van der Waals surface area contributed by atoms with E-state index in [0.29, 0.717) is 0 Å². The fourth-order valence-corrected chi connectivity index (χ4v) is 3.59. The molecule has 0 unspecified atom stereocenters. The normalized spacial score (nSPS) is 18.4. The molecule has 0 amide bonds. The van der Waals surface area contributed by atoms with Crippen LogP contribution in [-0.4, -0.2) is 66.7 Å². The van der Waals surface area contributed by atoms with Crippen molar-refractivity contribution in [1.82, 2.24) is 9.13 Å². The molecule has 14 nitrogen and oxygen atoms in total. The third kappa shape index (κ3) is 3.74. The highest BCUT2D eigenvalue weighted by Crippen LogP contribution is 2.37. The van der Waals surface area contributed by atoms with Gasteiger partial charge in [0, 0.05) is 26.7 Å². The molecule has 184 valence electrons. The van der Waals surface area contributed by atoms with E-state index in [0.717, 1.165) is 41.4 Å². The molecule has 2 aliphatic heterocycles. The number of ether oxygens (including phenoxy) is 3. The summed E-state index contributed by atoms with van der Waals surface area (Å²) in [4.78, 5) is 83.3. The number of aliphatic imine (C=N–C) groups is 1. The van der Waals surface area contributed by atoms with Crippen LogP contribution in [0.5, 0.6) is 0 Å². The maximum atomic E-state index is 13.1. The fourth-order valence-electron chi connectivity index (χ4n) is 3.59. The van der Waals surface area contributed by atoms with Gasteiger partial charge in [0.05, 0.1) is 21.3 Å². The summed E-state index contributed by atoms with van der Waals surface area (Å²) in [5, 5.41) is 0. The van der Waals surface area contributed by atoms with Crippen LogP contribution in [0.4, 0.5) is 11.5 Å². The minimum absolute atomic E-state index is 0.0831. The number of hydrogen-bond donors (Lipinski definition) is 0. The zero-order valence-electron chi connectivity index (χ0n) is 19.5. The lowest BCUT2D eigenvalue weighted by Gasteiger charge is -2.25. The number of allylic oxidation sites excluding steroid dienone is 1. The lowest BCUT2D eigenvalue weighted by molar-refractivity contribution is -0.140. The Balaban J connectivity index is 2.60. The van der Waals surface area contributed by atoms with Crippen LogP contribution in [0.2, 0.25) is 0 Å². The predicted octanol–water partition coefficient (Wildman–Crippen LogP) is -1.51. The third-order valence-electron chi connectivity index (χ3n) is 5.21. The summed E-state index contributed by atoms with van der Waals surface area (Å²) < 4.78 is 16.0. The number of fused-ring (bicyclic) bond motifs is 3. The van der Waals surface area contributed by atoms with Crippen LogP contribution in [0, 0.1) is 0 Å². The van der Waals surface area contributed by atoms with E-state index in [-0.39, 0.29) is 24.0 Å². The molecule has 3 heterocycles. The van der Waals surface area contributed by atoms with Crippen LogP contribution < -0.4 is 21.0 Å². The lowest BCUT2D eigenvalue weighted by atomic mass is 10.1. The van der Waals surface area contributed by atoms with Crippen molar-refractivity contribution in [2.45, 2.75) is 0 Å². The van der Waals surface area contributed by atoms with Crippen molar-refractivity contribution in [3.63, 3.8) is 0 Å². The minimum Gasteiger partial charge on any atom is -0.465 e. The predicted molar refractivity (Wildman–Crippen MR) is 121 cm³/mol. The highest BCUT2D eigenvalue weighted by atomic mass is 16.5. The van der Waals surface area contributed by atoms with Gasteiger partial charge in [-0.25, -0.2) is 24.2 Å². The second-order valence-electron chi connectivity index (χ2n) is 7.12. The van der Waals surface area contributed by atoms with Crippen LogP contribution in [0.1, 0.15) is 0 Å². The average molecular weight is 487 g/mol. The Bertz CT molecular complexity index is 1390. The Hall–Kier alpha value is -4.75. The van der Waals surface area contributed by atoms with Gasteiger partial charge >= 0.3 is 23.6 Å². The van der Waals surface area contributed by atoms with E-state index < -0.39 is 51.9 Å². The second-order valence-corrected chi connectivity index (χ2v) is 7.12. The molecule has 1 aromatic rings. The zero-order valence-corrected chi connectivity index (χ0v) is 19.5. The SMILES string of the molecule is C=CCN1C2=N/C(C(=O)OC)=C(/C(=O)OC)C(=O)/C=C(/C(=O)OC)N2c2c1c(=O)n(C)c(=O)n2C. The molecule has 3 rings (SSSR count). The highest BCUT2D eigenvalue weighted by molar-refractivity contribution is 6.30. The van der Waals surface area contributed by atoms with Gasteiger partial charge in [0.15, 0.2) is 23.0 Å². The number of methoxy groups -OCH3 is 3. The van der Waals surface area contributed by atoms with Crippen LogP contribution in [0.3, 0.4) is 0 Å². The molecular formula is C21H21N5O9. The first-order valence-corrected chi connectivity index (χ1v) is 9.88. The molecular weight excluding hydrogens is 466 g/mol. The maximum absolute atomic E-state index is 13.1. The van der Waals surface area contributed by atoms with Crippen molar-refractivity contribution < 1.29 is 33.4 Å². The van der Waals surface area contributed by atoms with Crippen LogP contribution in [0.15, 0.2) is 50.3 Å².